The van der Waals surface area contributed by atoms with Crippen LogP contribution in [0.3, 0.4) is 0 Å². The number of benzene rings is 4. The fraction of sp³-hybridized carbons (Fsp3) is 0.295. The number of nitrogens with two attached hydrogens (primary N) is 1. The van der Waals surface area contributed by atoms with E-state index in [2.05, 4.69) is 25.1 Å². The SMILES string of the molecule is COc1ccc(CN(Cc2ccc(OC)cc2)S(=O)(=O)c2c(S(=O)(=O)NC[C@@H](O)CN(C(=O)O)C(C)(C)C)ccc(-c3ccncc3N)c2-c2nnn(Cc3ccc(OC)cc3)n2)cc1. The number of aromatic nitrogens is 5. The van der Waals surface area contributed by atoms with Crippen molar-refractivity contribution in [2.75, 3.05) is 40.2 Å². The lowest BCUT2D eigenvalue weighted by Crippen LogP contribution is -2.50. The van der Waals surface area contributed by atoms with E-state index in [1.165, 1.54) is 37.5 Å². The van der Waals surface area contributed by atoms with Crippen LogP contribution in [0, 0.1) is 0 Å². The van der Waals surface area contributed by atoms with Gasteiger partial charge in [0.2, 0.25) is 25.9 Å². The molecule has 5 N–H and O–H groups in total. The van der Waals surface area contributed by atoms with Gasteiger partial charge in [-0.05, 0) is 96.8 Å². The Morgan fingerprint density at radius 1 is 0.800 bits per heavy atom. The molecule has 65 heavy (non-hydrogen) atoms. The van der Waals surface area contributed by atoms with Crippen LogP contribution in [0.25, 0.3) is 22.5 Å². The van der Waals surface area contributed by atoms with Gasteiger partial charge in [-0.15, -0.1) is 10.2 Å². The zero-order valence-electron chi connectivity index (χ0n) is 36.6. The van der Waals surface area contributed by atoms with Gasteiger partial charge in [-0.2, -0.15) is 9.10 Å². The minimum absolute atomic E-state index is 0.0895. The molecular formula is C44H51N9O10S2. The summed E-state index contributed by atoms with van der Waals surface area (Å²) in [6.07, 6.45) is -0.0588. The number of rotatable bonds is 19. The monoisotopic (exact) mass is 929 g/mol. The van der Waals surface area contributed by atoms with Crippen LogP contribution in [0.5, 0.6) is 17.2 Å². The molecule has 0 aliphatic carbocycles. The highest BCUT2D eigenvalue weighted by atomic mass is 32.2. The number of pyridine rings is 1. The van der Waals surface area contributed by atoms with Crippen molar-refractivity contribution >= 4 is 31.8 Å². The Morgan fingerprint density at radius 3 is 1.83 bits per heavy atom. The smallest absolute Gasteiger partial charge is 0.407 e. The standard InChI is InChI=1S/C44H51N9O10S2/c1-44(2,3)52(43(55)56)28-32(54)23-47-64(57,58)39-20-19-37(36-21-22-46-24-38(36)45)40(42-48-50-53(49-42)27-31-11-17-35(63-6)18-12-31)41(39)65(59,60)51(25-29-7-13-33(61-4)14-8-29)26-30-9-15-34(62-5)16-10-30/h7-22,24,32,47,54H,23,25-28,45H2,1-6H3,(H,55,56)/t32-/m1/s1. The van der Waals surface area contributed by atoms with E-state index in [-0.39, 0.29) is 47.8 Å². The number of nitrogen functional groups attached to an aromatic ring is 1. The number of aliphatic hydroxyl groups is 1. The van der Waals surface area contributed by atoms with E-state index in [0.29, 0.717) is 28.4 Å². The Morgan fingerprint density at radius 2 is 1.34 bits per heavy atom. The van der Waals surface area contributed by atoms with Gasteiger partial charge in [-0.3, -0.25) is 4.98 Å². The molecule has 344 valence electrons. The molecule has 0 spiro atoms. The number of methoxy groups -OCH3 is 3. The molecule has 0 saturated carbocycles. The van der Waals surface area contributed by atoms with Gasteiger partial charge in [0.1, 0.15) is 27.0 Å². The molecule has 0 fully saturated rings. The molecule has 1 atom stereocenters. The lowest BCUT2D eigenvalue weighted by atomic mass is 9.99. The first-order chi connectivity index (χ1) is 30.8. The van der Waals surface area contributed by atoms with E-state index in [9.17, 15) is 23.4 Å². The van der Waals surface area contributed by atoms with Gasteiger partial charge in [0.25, 0.3) is 0 Å². The molecule has 19 nitrogen and oxygen atoms in total. The van der Waals surface area contributed by atoms with Crippen molar-refractivity contribution in [3.8, 4) is 39.8 Å². The Balaban J connectivity index is 1.59. The summed E-state index contributed by atoms with van der Waals surface area (Å²) in [7, 11) is -5.35. The normalized spacial score (nSPS) is 12.5. The van der Waals surface area contributed by atoms with Gasteiger partial charge < -0.3 is 35.1 Å². The van der Waals surface area contributed by atoms with Crippen molar-refractivity contribution in [2.45, 2.75) is 61.8 Å². The maximum absolute atomic E-state index is 15.9. The molecule has 0 aliphatic rings. The van der Waals surface area contributed by atoms with Gasteiger partial charge in [-0.1, -0.05) is 42.5 Å². The Kier molecular flexibility index (Phi) is 14.7. The third-order valence-corrected chi connectivity index (χ3v) is 13.8. The van der Waals surface area contributed by atoms with E-state index in [0.717, 1.165) is 20.8 Å². The average Bonchev–Trinajstić information content (AvgIpc) is 3.75. The van der Waals surface area contributed by atoms with E-state index in [1.807, 2.05) is 0 Å². The summed E-state index contributed by atoms with van der Waals surface area (Å²) in [5, 5.41) is 34.1. The molecule has 4 aromatic carbocycles. The number of sulfonamides is 2. The third kappa shape index (κ3) is 11.4. The van der Waals surface area contributed by atoms with E-state index < -0.39 is 60.7 Å². The first-order valence-electron chi connectivity index (χ1n) is 20.1. The molecule has 2 aromatic heterocycles. The number of anilines is 1. The summed E-state index contributed by atoms with van der Waals surface area (Å²) < 4.78 is 80.6. The fourth-order valence-corrected chi connectivity index (χ4v) is 10.3. The topological polar surface area (TPSA) is 255 Å². The van der Waals surface area contributed by atoms with Gasteiger partial charge in [-0.25, -0.2) is 26.4 Å². The first-order valence-corrected chi connectivity index (χ1v) is 23.0. The highest BCUT2D eigenvalue weighted by Crippen LogP contribution is 2.42. The summed E-state index contributed by atoms with van der Waals surface area (Å²) in [6, 6.07) is 24.6. The second kappa shape index (κ2) is 20.0. The van der Waals surface area contributed by atoms with Crippen LogP contribution in [0.15, 0.2) is 113 Å². The Labute approximate surface area is 377 Å². The molecule has 0 radical (unpaired) electrons. The zero-order valence-corrected chi connectivity index (χ0v) is 38.2. The molecule has 0 unspecified atom stereocenters. The number of carbonyl (C=O) groups is 1. The van der Waals surface area contributed by atoms with E-state index in [1.54, 1.807) is 107 Å². The highest BCUT2D eigenvalue weighted by Gasteiger charge is 2.38. The number of aliphatic hydroxyl groups excluding tert-OH is 1. The molecular weight excluding hydrogens is 879 g/mol. The van der Waals surface area contributed by atoms with Crippen molar-refractivity contribution in [2.24, 2.45) is 0 Å². The molecule has 6 aromatic rings. The van der Waals surface area contributed by atoms with Crippen LogP contribution >= 0.6 is 0 Å². The molecule has 0 bridgehead atoms. The first kappa shape index (κ1) is 47.8. The zero-order chi connectivity index (χ0) is 47.1. The number of nitrogens with zero attached hydrogens (tertiary/aromatic N) is 7. The van der Waals surface area contributed by atoms with Gasteiger partial charge in [0.15, 0.2) is 0 Å². The summed E-state index contributed by atoms with van der Waals surface area (Å²) in [4.78, 5) is 16.9. The number of β-amino-alcohol motifs (C(OH)–C–C–N with tert-alkyl or cyclic N) is 1. The van der Waals surface area contributed by atoms with Crippen molar-refractivity contribution in [1.82, 2.24) is 39.1 Å². The van der Waals surface area contributed by atoms with Crippen molar-refractivity contribution in [3.63, 3.8) is 0 Å². The lowest BCUT2D eigenvalue weighted by molar-refractivity contribution is 0.0577. The minimum Gasteiger partial charge on any atom is -0.497 e. The summed E-state index contributed by atoms with van der Waals surface area (Å²) in [5.74, 6) is 1.43. The predicted molar refractivity (Wildman–Crippen MR) is 241 cm³/mol. The van der Waals surface area contributed by atoms with Crippen LogP contribution in [0.4, 0.5) is 10.5 Å². The Hall–Kier alpha value is -6.65. The molecule has 2 heterocycles. The number of amides is 1. The van der Waals surface area contributed by atoms with Crippen LogP contribution in [0.1, 0.15) is 37.5 Å². The molecule has 0 saturated heterocycles. The second-order valence-electron chi connectivity index (χ2n) is 15.8. The predicted octanol–water partition coefficient (Wildman–Crippen LogP) is 4.87. The summed E-state index contributed by atoms with van der Waals surface area (Å²) in [6.45, 7) is 3.31. The fourth-order valence-electron chi connectivity index (χ4n) is 6.86. The van der Waals surface area contributed by atoms with Gasteiger partial charge in [0, 0.05) is 36.9 Å². The van der Waals surface area contributed by atoms with E-state index >= 15 is 8.42 Å². The number of nitrogens with one attached hydrogen (secondary N) is 1. The Bertz CT molecular complexity index is 2770. The third-order valence-electron chi connectivity index (χ3n) is 10.3. The van der Waals surface area contributed by atoms with Crippen LogP contribution in [-0.2, 0) is 39.7 Å². The van der Waals surface area contributed by atoms with Gasteiger partial charge >= 0.3 is 6.09 Å². The largest absolute Gasteiger partial charge is 0.497 e. The second-order valence-corrected chi connectivity index (χ2v) is 19.4. The maximum Gasteiger partial charge on any atom is 0.407 e. The number of hydrogen-bond acceptors (Lipinski definition) is 14. The van der Waals surface area contributed by atoms with Crippen molar-refractivity contribution < 1.29 is 46.1 Å². The highest BCUT2D eigenvalue weighted by molar-refractivity contribution is 7.92. The summed E-state index contributed by atoms with van der Waals surface area (Å²) >= 11 is 0. The number of tetrazole rings is 1. The molecule has 6 rings (SSSR count). The van der Waals surface area contributed by atoms with Crippen LogP contribution in [0.2, 0.25) is 0 Å². The van der Waals surface area contributed by atoms with Crippen LogP contribution < -0.4 is 24.7 Å². The average molecular weight is 930 g/mol. The van der Waals surface area contributed by atoms with Gasteiger partial charge in [0.05, 0.1) is 58.0 Å². The summed E-state index contributed by atoms with van der Waals surface area (Å²) in [5.41, 5.74) is 7.68. The maximum atomic E-state index is 15.9. The molecule has 1 amide bonds. The number of hydrogen-bond donors (Lipinski definition) is 4. The number of ether oxygens (including phenoxy) is 3. The lowest BCUT2D eigenvalue weighted by Gasteiger charge is -2.34. The van der Waals surface area contributed by atoms with Crippen molar-refractivity contribution in [1.29, 1.82) is 0 Å². The van der Waals surface area contributed by atoms with Crippen molar-refractivity contribution in [3.05, 3.63) is 120 Å². The number of carboxylic acid groups (broad SMARTS) is 1. The van der Waals surface area contributed by atoms with Crippen LogP contribution in [-0.4, -0.2) is 114 Å². The van der Waals surface area contributed by atoms with E-state index in [4.69, 9.17) is 19.9 Å². The minimum atomic E-state index is -4.99. The molecule has 21 heteroatoms. The quantitative estimate of drug-likeness (QED) is 0.0846. The molecule has 0 aliphatic heterocycles.